The molecule has 0 aromatic rings. The number of nitrogens with two attached hydrogens (primary N) is 1. The molecule has 2 aliphatic rings. The van der Waals surface area contributed by atoms with Crippen LogP contribution in [-0.4, -0.2) is 18.6 Å². The van der Waals surface area contributed by atoms with Gasteiger partial charge in [0.25, 0.3) is 0 Å². The molecule has 2 bridgehead atoms. The van der Waals surface area contributed by atoms with Gasteiger partial charge in [-0.05, 0) is 25.3 Å². The van der Waals surface area contributed by atoms with Crippen molar-refractivity contribution in [2.75, 3.05) is 6.54 Å². The summed E-state index contributed by atoms with van der Waals surface area (Å²) in [5.41, 5.74) is 5.76. The van der Waals surface area contributed by atoms with Gasteiger partial charge in [0, 0.05) is 12.1 Å². The second-order valence-corrected chi connectivity index (χ2v) is 3.02. The number of piperidine rings is 1. The predicted molar refractivity (Wildman–Crippen MR) is 43.8 cm³/mol. The fraction of sp³-hybridized carbons (Fsp3) is 1.00. The highest BCUT2D eigenvalue weighted by Crippen LogP contribution is 2.29. The molecule has 0 aromatic heterocycles. The lowest BCUT2D eigenvalue weighted by Gasteiger charge is -2.17. The maximum atomic E-state index is 5.76. The fourth-order valence-electron chi connectivity index (χ4n) is 1.90. The highest BCUT2D eigenvalue weighted by molar-refractivity contribution is 4.97. The van der Waals surface area contributed by atoms with Gasteiger partial charge in [-0.15, -0.1) is 0 Å². The Kier molecular flexibility index (Phi) is 2.69. The molecule has 3 unspecified atom stereocenters. The topological polar surface area (TPSA) is 38.0 Å². The van der Waals surface area contributed by atoms with Crippen molar-refractivity contribution in [1.82, 2.24) is 5.32 Å². The first-order chi connectivity index (χ1) is 4.86. The molecule has 0 spiro atoms. The molecule has 2 heteroatoms. The minimum Gasteiger partial charge on any atom is -0.326 e. The van der Waals surface area contributed by atoms with Crippen molar-refractivity contribution in [3.05, 3.63) is 0 Å². The third-order valence-electron chi connectivity index (χ3n) is 2.38. The van der Waals surface area contributed by atoms with Gasteiger partial charge >= 0.3 is 0 Å². The minimum absolute atomic E-state index is 0.466. The summed E-state index contributed by atoms with van der Waals surface area (Å²) in [5, 5.41) is 3.38. The summed E-state index contributed by atoms with van der Waals surface area (Å²) in [6.45, 7) is 5.22. The van der Waals surface area contributed by atoms with Crippen LogP contribution in [0.1, 0.15) is 26.7 Å². The van der Waals surface area contributed by atoms with E-state index in [1.807, 2.05) is 13.8 Å². The Bertz CT molecular complexity index is 101. The number of nitrogens with one attached hydrogen (secondary N) is 1. The summed E-state index contributed by atoms with van der Waals surface area (Å²) < 4.78 is 0. The maximum Gasteiger partial charge on any atom is 0.0222 e. The van der Waals surface area contributed by atoms with E-state index in [1.54, 1.807) is 0 Å². The second-order valence-electron chi connectivity index (χ2n) is 3.02. The SMILES string of the molecule is CC.NC1CC2CNC1C2. The molecular weight excluding hydrogens is 124 g/mol. The molecule has 0 amide bonds. The molecule has 1 saturated carbocycles. The zero-order chi connectivity index (χ0) is 7.56. The largest absolute Gasteiger partial charge is 0.326 e. The Hall–Kier alpha value is -0.0800. The normalized spacial score (nSPS) is 42.9. The van der Waals surface area contributed by atoms with E-state index in [0.29, 0.717) is 12.1 Å². The molecule has 1 saturated heterocycles. The van der Waals surface area contributed by atoms with Crippen LogP contribution in [0.25, 0.3) is 0 Å². The van der Waals surface area contributed by atoms with Crippen LogP contribution >= 0.6 is 0 Å². The molecule has 3 atom stereocenters. The zero-order valence-electron chi connectivity index (χ0n) is 6.93. The molecule has 1 aliphatic carbocycles. The summed E-state index contributed by atoms with van der Waals surface area (Å²) in [6, 6.07) is 1.13. The molecule has 10 heavy (non-hydrogen) atoms. The Balaban J connectivity index is 0.000000231. The summed E-state index contributed by atoms with van der Waals surface area (Å²) in [6.07, 6.45) is 2.60. The van der Waals surface area contributed by atoms with Crippen LogP contribution in [0.3, 0.4) is 0 Å². The third-order valence-corrected chi connectivity index (χ3v) is 2.38. The van der Waals surface area contributed by atoms with E-state index in [1.165, 1.54) is 19.4 Å². The average molecular weight is 142 g/mol. The van der Waals surface area contributed by atoms with E-state index >= 15 is 0 Å². The number of hydrogen-bond acceptors (Lipinski definition) is 2. The van der Waals surface area contributed by atoms with Gasteiger partial charge in [-0.3, -0.25) is 0 Å². The Morgan fingerprint density at radius 2 is 2.00 bits per heavy atom. The Labute approximate surface area is 63.2 Å². The Morgan fingerprint density at radius 3 is 2.20 bits per heavy atom. The first-order valence-electron chi connectivity index (χ1n) is 4.35. The quantitative estimate of drug-likeness (QED) is 0.523. The summed E-state index contributed by atoms with van der Waals surface area (Å²) in [4.78, 5) is 0. The standard InChI is InChI=1S/C6H12N2.C2H6/c7-5-1-4-2-6(5)8-3-4;1-2/h4-6,8H,1-3,7H2;1-2H3. The van der Waals surface area contributed by atoms with Gasteiger partial charge in [-0.2, -0.15) is 0 Å². The van der Waals surface area contributed by atoms with E-state index in [0.717, 1.165) is 5.92 Å². The van der Waals surface area contributed by atoms with Crippen molar-refractivity contribution in [3.8, 4) is 0 Å². The molecule has 2 rings (SSSR count). The minimum atomic E-state index is 0.466. The van der Waals surface area contributed by atoms with Crippen LogP contribution < -0.4 is 11.1 Å². The van der Waals surface area contributed by atoms with E-state index in [9.17, 15) is 0 Å². The second kappa shape index (κ2) is 3.35. The third kappa shape index (κ3) is 1.32. The fourth-order valence-corrected chi connectivity index (χ4v) is 1.90. The molecule has 2 fully saturated rings. The van der Waals surface area contributed by atoms with E-state index in [4.69, 9.17) is 5.73 Å². The summed E-state index contributed by atoms with van der Waals surface area (Å²) in [5.74, 6) is 0.912. The van der Waals surface area contributed by atoms with Gasteiger partial charge in [0.15, 0.2) is 0 Å². The predicted octanol–water partition coefficient (Wildman–Crippen LogP) is 0.722. The number of rotatable bonds is 0. The number of fused-ring (bicyclic) bond motifs is 2. The van der Waals surface area contributed by atoms with E-state index in [2.05, 4.69) is 5.32 Å². The van der Waals surface area contributed by atoms with Crippen LogP contribution in [0.4, 0.5) is 0 Å². The molecule has 0 aromatic carbocycles. The van der Waals surface area contributed by atoms with Gasteiger partial charge in [-0.1, -0.05) is 13.8 Å². The van der Waals surface area contributed by atoms with Crippen molar-refractivity contribution >= 4 is 0 Å². The van der Waals surface area contributed by atoms with Crippen molar-refractivity contribution in [2.24, 2.45) is 11.7 Å². The monoisotopic (exact) mass is 142 g/mol. The summed E-state index contributed by atoms with van der Waals surface area (Å²) >= 11 is 0. The van der Waals surface area contributed by atoms with Crippen molar-refractivity contribution in [2.45, 2.75) is 38.8 Å². The lowest BCUT2D eigenvalue weighted by atomic mass is 10.1. The molecular formula is C8H18N2. The van der Waals surface area contributed by atoms with Gasteiger partial charge in [0.05, 0.1) is 0 Å². The molecule has 2 nitrogen and oxygen atoms in total. The lowest BCUT2D eigenvalue weighted by molar-refractivity contribution is 0.446. The Morgan fingerprint density at radius 1 is 1.30 bits per heavy atom. The first kappa shape index (κ1) is 8.02. The number of hydrogen-bond donors (Lipinski definition) is 2. The van der Waals surface area contributed by atoms with Crippen LogP contribution in [0.2, 0.25) is 0 Å². The van der Waals surface area contributed by atoms with Gasteiger partial charge < -0.3 is 11.1 Å². The zero-order valence-corrected chi connectivity index (χ0v) is 6.93. The molecule has 0 radical (unpaired) electrons. The lowest BCUT2D eigenvalue weighted by Crippen LogP contribution is -2.42. The summed E-state index contributed by atoms with van der Waals surface area (Å²) in [7, 11) is 0. The molecule has 3 N–H and O–H groups in total. The van der Waals surface area contributed by atoms with Crippen LogP contribution in [0.5, 0.6) is 0 Å². The first-order valence-corrected chi connectivity index (χ1v) is 4.35. The van der Waals surface area contributed by atoms with E-state index < -0.39 is 0 Å². The van der Waals surface area contributed by atoms with Crippen LogP contribution in [0.15, 0.2) is 0 Å². The highest BCUT2D eigenvalue weighted by Gasteiger charge is 2.36. The van der Waals surface area contributed by atoms with Crippen molar-refractivity contribution in [3.63, 3.8) is 0 Å². The van der Waals surface area contributed by atoms with Crippen molar-refractivity contribution in [1.29, 1.82) is 0 Å². The highest BCUT2D eigenvalue weighted by atomic mass is 15.0. The van der Waals surface area contributed by atoms with Gasteiger partial charge in [0.1, 0.15) is 0 Å². The maximum absolute atomic E-state index is 5.76. The molecule has 1 heterocycles. The average Bonchev–Trinajstić information content (AvgIpc) is 2.52. The van der Waals surface area contributed by atoms with Crippen molar-refractivity contribution < 1.29 is 0 Å². The van der Waals surface area contributed by atoms with Gasteiger partial charge in [0.2, 0.25) is 0 Å². The van der Waals surface area contributed by atoms with Crippen LogP contribution in [0, 0.1) is 5.92 Å². The van der Waals surface area contributed by atoms with Crippen LogP contribution in [-0.2, 0) is 0 Å². The molecule has 1 aliphatic heterocycles. The van der Waals surface area contributed by atoms with Gasteiger partial charge in [-0.25, -0.2) is 0 Å². The molecule has 60 valence electrons. The smallest absolute Gasteiger partial charge is 0.0222 e. The van der Waals surface area contributed by atoms with E-state index in [-0.39, 0.29) is 0 Å².